The Morgan fingerprint density at radius 1 is 1.23 bits per heavy atom. The van der Waals surface area contributed by atoms with Crippen LogP contribution in [0, 0.1) is 0 Å². The Balaban J connectivity index is 1.72. The largest absolute Gasteiger partial charge is 0.382 e. The van der Waals surface area contributed by atoms with Crippen molar-refractivity contribution >= 4 is 16.9 Å². The van der Waals surface area contributed by atoms with Crippen molar-refractivity contribution in [2.24, 2.45) is 0 Å². The molecule has 0 unspecified atom stereocenters. The van der Waals surface area contributed by atoms with Crippen LogP contribution in [0.3, 0.4) is 0 Å². The van der Waals surface area contributed by atoms with E-state index in [-0.39, 0.29) is 18.2 Å². The molecule has 2 aromatic rings. The maximum Gasteiger partial charge on any atom is 0.169 e. The van der Waals surface area contributed by atoms with Gasteiger partial charge in [-0.3, -0.25) is 0 Å². The maximum absolute atomic E-state index is 6.31. The standard InChI is InChI=1S/C16H20N4O2/c1-3-16(4-2)21-12-6-5-11(14(12)22-16)20-9-19-13-10(20)7-8-18-15(13)17/h5-9,11-12,14H,3-4H2,1-2H3,(H2,17,18)/t11-,12-,14+/m1/s1. The van der Waals surface area contributed by atoms with E-state index in [1.807, 2.05) is 6.07 Å². The molecular formula is C16H20N4O2. The first-order valence-corrected chi connectivity index (χ1v) is 7.78. The molecule has 0 aromatic carbocycles. The van der Waals surface area contributed by atoms with E-state index in [1.54, 1.807) is 12.5 Å². The van der Waals surface area contributed by atoms with Gasteiger partial charge >= 0.3 is 0 Å². The van der Waals surface area contributed by atoms with Crippen molar-refractivity contribution in [1.29, 1.82) is 0 Å². The predicted molar refractivity (Wildman–Crippen MR) is 83.2 cm³/mol. The SMILES string of the molecule is CCC1(CC)O[C@H]2[C@H](n3cnc4c(N)nccc43)C=C[C@H]2O1. The number of anilines is 1. The fourth-order valence-corrected chi connectivity index (χ4v) is 3.46. The fraction of sp³-hybridized carbons (Fsp3) is 0.500. The average Bonchev–Trinajstić information content (AvgIpc) is 3.19. The van der Waals surface area contributed by atoms with Gasteiger partial charge in [0.05, 0.1) is 17.9 Å². The van der Waals surface area contributed by atoms with Crippen molar-refractivity contribution in [3.05, 3.63) is 30.7 Å². The molecule has 0 amide bonds. The van der Waals surface area contributed by atoms with E-state index in [0.29, 0.717) is 5.82 Å². The lowest BCUT2D eigenvalue weighted by molar-refractivity contribution is -0.179. The third-order valence-corrected chi connectivity index (χ3v) is 4.78. The molecule has 6 nitrogen and oxygen atoms in total. The number of pyridine rings is 1. The molecule has 22 heavy (non-hydrogen) atoms. The number of nitrogen functional groups attached to an aromatic ring is 1. The van der Waals surface area contributed by atoms with Crippen molar-refractivity contribution in [3.63, 3.8) is 0 Å². The number of aromatic nitrogens is 3. The molecule has 0 radical (unpaired) electrons. The van der Waals surface area contributed by atoms with Gasteiger partial charge in [0, 0.05) is 6.20 Å². The van der Waals surface area contributed by atoms with Gasteiger partial charge in [-0.15, -0.1) is 0 Å². The highest BCUT2D eigenvalue weighted by atomic mass is 16.8. The summed E-state index contributed by atoms with van der Waals surface area (Å²) >= 11 is 0. The number of nitrogens with two attached hydrogens (primary N) is 1. The van der Waals surface area contributed by atoms with Crippen LogP contribution in [-0.4, -0.2) is 32.5 Å². The lowest BCUT2D eigenvalue weighted by Gasteiger charge is -2.27. The Morgan fingerprint density at radius 2 is 2.05 bits per heavy atom. The molecule has 0 saturated carbocycles. The van der Waals surface area contributed by atoms with Crippen LogP contribution in [0.2, 0.25) is 0 Å². The zero-order chi connectivity index (χ0) is 15.3. The smallest absolute Gasteiger partial charge is 0.169 e. The van der Waals surface area contributed by atoms with Gasteiger partial charge < -0.3 is 19.8 Å². The molecule has 0 spiro atoms. The van der Waals surface area contributed by atoms with Crippen molar-refractivity contribution in [1.82, 2.24) is 14.5 Å². The minimum Gasteiger partial charge on any atom is -0.382 e. The van der Waals surface area contributed by atoms with Crippen LogP contribution in [0.25, 0.3) is 11.0 Å². The molecule has 2 N–H and O–H groups in total. The molecule has 2 aliphatic rings. The van der Waals surface area contributed by atoms with Gasteiger partial charge in [-0.25, -0.2) is 9.97 Å². The summed E-state index contributed by atoms with van der Waals surface area (Å²) in [5.74, 6) is -0.00944. The maximum atomic E-state index is 6.31. The number of hydrogen-bond acceptors (Lipinski definition) is 5. The second-order valence-electron chi connectivity index (χ2n) is 5.87. The summed E-state index contributed by atoms with van der Waals surface area (Å²) in [5.41, 5.74) is 7.60. The van der Waals surface area contributed by atoms with Crippen molar-refractivity contribution in [3.8, 4) is 0 Å². The van der Waals surface area contributed by atoms with E-state index in [2.05, 4.69) is 40.5 Å². The summed E-state index contributed by atoms with van der Waals surface area (Å²) in [7, 11) is 0. The number of fused-ring (bicyclic) bond motifs is 2. The molecule has 6 heteroatoms. The van der Waals surface area contributed by atoms with E-state index in [4.69, 9.17) is 15.2 Å². The summed E-state index contributed by atoms with van der Waals surface area (Å²) in [4.78, 5) is 8.49. The van der Waals surface area contributed by atoms with Gasteiger partial charge in [0.15, 0.2) is 11.6 Å². The van der Waals surface area contributed by atoms with Crippen molar-refractivity contribution in [2.75, 3.05) is 5.73 Å². The first kappa shape index (κ1) is 13.7. The first-order chi connectivity index (χ1) is 10.7. The minimum absolute atomic E-state index is 0.00142. The Bertz CT molecular complexity index is 735. The molecule has 3 heterocycles. The van der Waals surface area contributed by atoms with Crippen LogP contribution in [0.15, 0.2) is 30.7 Å². The minimum atomic E-state index is -0.463. The van der Waals surface area contributed by atoms with Crippen molar-refractivity contribution < 1.29 is 9.47 Å². The van der Waals surface area contributed by atoms with Crippen LogP contribution in [0.4, 0.5) is 5.82 Å². The van der Waals surface area contributed by atoms with Gasteiger partial charge in [-0.2, -0.15) is 0 Å². The molecule has 3 atom stereocenters. The topological polar surface area (TPSA) is 75.2 Å². The molecular weight excluding hydrogens is 280 g/mol. The van der Waals surface area contributed by atoms with Gasteiger partial charge in [0.2, 0.25) is 0 Å². The molecule has 1 aliphatic carbocycles. The predicted octanol–water partition coefficient (Wildman–Crippen LogP) is 2.42. The van der Waals surface area contributed by atoms with Crippen LogP contribution >= 0.6 is 0 Å². The zero-order valence-corrected chi connectivity index (χ0v) is 12.8. The molecule has 4 rings (SSSR count). The Labute approximate surface area is 128 Å². The summed E-state index contributed by atoms with van der Waals surface area (Å²) in [5, 5.41) is 0. The molecule has 1 fully saturated rings. The molecule has 1 saturated heterocycles. The van der Waals surface area contributed by atoms with E-state index < -0.39 is 5.79 Å². The van der Waals surface area contributed by atoms with E-state index in [0.717, 1.165) is 23.9 Å². The summed E-state index contributed by atoms with van der Waals surface area (Å²) < 4.78 is 14.6. The second kappa shape index (κ2) is 4.79. The highest BCUT2D eigenvalue weighted by Gasteiger charge is 2.50. The highest BCUT2D eigenvalue weighted by Crippen LogP contribution is 2.43. The third kappa shape index (κ3) is 1.80. The monoisotopic (exact) mass is 300 g/mol. The Hall–Kier alpha value is -1.92. The molecule has 116 valence electrons. The van der Waals surface area contributed by atoms with E-state index in [9.17, 15) is 0 Å². The van der Waals surface area contributed by atoms with Gasteiger partial charge in [0.25, 0.3) is 0 Å². The Morgan fingerprint density at radius 3 is 2.82 bits per heavy atom. The van der Waals surface area contributed by atoms with Crippen LogP contribution in [0.1, 0.15) is 32.7 Å². The van der Waals surface area contributed by atoms with Gasteiger partial charge in [-0.1, -0.05) is 26.0 Å². The summed E-state index contributed by atoms with van der Waals surface area (Å²) in [6.45, 7) is 4.20. The lowest BCUT2D eigenvalue weighted by Crippen LogP contribution is -2.31. The average molecular weight is 300 g/mol. The lowest BCUT2D eigenvalue weighted by atomic mass is 10.1. The quantitative estimate of drug-likeness (QED) is 0.881. The third-order valence-electron chi connectivity index (χ3n) is 4.78. The van der Waals surface area contributed by atoms with Crippen LogP contribution in [-0.2, 0) is 9.47 Å². The number of ether oxygens (including phenoxy) is 2. The number of rotatable bonds is 3. The summed E-state index contributed by atoms with van der Waals surface area (Å²) in [6.07, 6.45) is 9.41. The normalized spacial score (nSPS) is 29.3. The highest BCUT2D eigenvalue weighted by molar-refractivity contribution is 5.84. The number of nitrogens with zero attached hydrogens (tertiary/aromatic N) is 3. The van der Waals surface area contributed by atoms with Gasteiger partial charge in [0.1, 0.15) is 17.7 Å². The van der Waals surface area contributed by atoms with Crippen molar-refractivity contribution in [2.45, 2.75) is 50.7 Å². The van der Waals surface area contributed by atoms with Crippen LogP contribution in [0.5, 0.6) is 0 Å². The molecule has 2 aromatic heterocycles. The number of imidazole rings is 1. The Kier molecular flexibility index (Phi) is 2.99. The fourth-order valence-electron chi connectivity index (χ4n) is 3.46. The molecule has 1 aliphatic heterocycles. The van der Waals surface area contributed by atoms with E-state index >= 15 is 0 Å². The molecule has 0 bridgehead atoms. The second-order valence-corrected chi connectivity index (χ2v) is 5.87. The van der Waals surface area contributed by atoms with Crippen LogP contribution < -0.4 is 5.73 Å². The van der Waals surface area contributed by atoms with E-state index in [1.165, 1.54) is 0 Å². The zero-order valence-electron chi connectivity index (χ0n) is 12.8. The summed E-state index contributed by atoms with van der Waals surface area (Å²) in [6, 6.07) is 2.00. The van der Waals surface area contributed by atoms with Gasteiger partial charge in [-0.05, 0) is 18.9 Å². The number of hydrogen-bond donors (Lipinski definition) is 1. The first-order valence-electron chi connectivity index (χ1n) is 7.78.